The number of rotatable bonds is 2. The molecule has 0 saturated carbocycles. The van der Waals surface area contributed by atoms with E-state index in [-0.39, 0.29) is 6.10 Å². The Morgan fingerprint density at radius 3 is 3.17 bits per heavy atom. The van der Waals surface area contributed by atoms with Gasteiger partial charge in [0, 0.05) is 19.1 Å². The Labute approximate surface area is 107 Å². The zero-order chi connectivity index (χ0) is 12.4. The van der Waals surface area contributed by atoms with Crippen LogP contribution in [-0.2, 0) is 4.74 Å². The van der Waals surface area contributed by atoms with E-state index in [9.17, 15) is 0 Å². The van der Waals surface area contributed by atoms with E-state index < -0.39 is 0 Å². The van der Waals surface area contributed by atoms with Crippen molar-refractivity contribution in [3.05, 3.63) is 23.8 Å². The molecular weight excluding hydrogens is 228 g/mol. The number of aromatic amines is 1. The molecule has 18 heavy (non-hydrogen) atoms. The van der Waals surface area contributed by atoms with Gasteiger partial charge >= 0.3 is 0 Å². The van der Waals surface area contributed by atoms with Gasteiger partial charge in [-0.25, -0.2) is 4.98 Å². The molecule has 0 bridgehead atoms. The first kappa shape index (κ1) is 11.9. The predicted molar refractivity (Wildman–Crippen MR) is 68.2 cm³/mol. The Morgan fingerprint density at radius 2 is 2.44 bits per heavy atom. The van der Waals surface area contributed by atoms with Crippen LogP contribution in [0.5, 0.6) is 0 Å². The summed E-state index contributed by atoms with van der Waals surface area (Å²) in [7, 11) is 0. The summed E-state index contributed by atoms with van der Waals surface area (Å²) < 4.78 is 5.79. The third kappa shape index (κ3) is 2.47. The lowest BCUT2D eigenvalue weighted by Crippen LogP contribution is -2.44. The molecule has 1 aliphatic heterocycles. The Morgan fingerprint density at radius 1 is 1.50 bits per heavy atom. The number of nitrogens with zero attached hydrogens (tertiary/aromatic N) is 3. The van der Waals surface area contributed by atoms with Crippen molar-refractivity contribution in [2.45, 2.75) is 38.3 Å². The Kier molecular flexibility index (Phi) is 3.43. The van der Waals surface area contributed by atoms with E-state index in [4.69, 9.17) is 4.74 Å². The fraction of sp³-hybridized carbons (Fsp3) is 0.692. The number of allylic oxidation sites excluding steroid dienone is 1. The molecule has 1 aliphatic carbocycles. The van der Waals surface area contributed by atoms with E-state index in [0.29, 0.717) is 6.04 Å². The second-order valence-corrected chi connectivity index (χ2v) is 5.06. The van der Waals surface area contributed by atoms with E-state index in [2.05, 4.69) is 32.2 Å². The van der Waals surface area contributed by atoms with Crippen LogP contribution in [0.4, 0.5) is 0 Å². The Balaban J connectivity index is 1.68. The van der Waals surface area contributed by atoms with Crippen LogP contribution in [-0.4, -0.2) is 45.8 Å². The van der Waals surface area contributed by atoms with Gasteiger partial charge in [-0.05, 0) is 26.2 Å². The van der Waals surface area contributed by atoms with E-state index in [1.165, 1.54) is 19.3 Å². The summed E-state index contributed by atoms with van der Waals surface area (Å²) in [6.45, 7) is 4.59. The van der Waals surface area contributed by atoms with Crippen LogP contribution >= 0.6 is 0 Å². The smallest absolute Gasteiger partial charge is 0.180 e. The number of ether oxygens (including phenoxy) is 1. The summed E-state index contributed by atoms with van der Waals surface area (Å²) in [4.78, 5) is 6.87. The van der Waals surface area contributed by atoms with Crippen LogP contribution in [0, 0.1) is 6.92 Å². The minimum Gasteiger partial charge on any atom is -0.367 e. The molecule has 1 aromatic rings. The van der Waals surface area contributed by atoms with Gasteiger partial charge in [0.25, 0.3) is 0 Å². The second kappa shape index (κ2) is 5.20. The fourth-order valence-electron chi connectivity index (χ4n) is 2.73. The molecule has 2 heterocycles. The molecule has 0 amide bonds. The molecule has 0 unspecified atom stereocenters. The summed E-state index contributed by atoms with van der Waals surface area (Å²) in [5, 5.41) is 7.10. The maximum atomic E-state index is 5.79. The SMILES string of the molecule is Cc1nc([C@@H]2CN([C@@H]3C=CCCC3)CCO2)n[nH]1. The monoisotopic (exact) mass is 248 g/mol. The van der Waals surface area contributed by atoms with Crippen molar-refractivity contribution >= 4 is 0 Å². The summed E-state index contributed by atoms with van der Waals surface area (Å²) >= 11 is 0. The van der Waals surface area contributed by atoms with Gasteiger partial charge in [0.2, 0.25) is 0 Å². The number of H-pyrrole nitrogens is 1. The fourth-order valence-corrected chi connectivity index (χ4v) is 2.73. The number of aromatic nitrogens is 3. The number of aryl methyl sites for hydroxylation is 1. The lowest BCUT2D eigenvalue weighted by Gasteiger charge is -2.37. The first-order valence-corrected chi connectivity index (χ1v) is 6.74. The highest BCUT2D eigenvalue weighted by Crippen LogP contribution is 2.24. The van der Waals surface area contributed by atoms with Crippen molar-refractivity contribution in [1.29, 1.82) is 0 Å². The van der Waals surface area contributed by atoms with Gasteiger partial charge in [0.05, 0.1) is 6.61 Å². The average molecular weight is 248 g/mol. The lowest BCUT2D eigenvalue weighted by atomic mass is 10.0. The van der Waals surface area contributed by atoms with Gasteiger partial charge in [0.1, 0.15) is 11.9 Å². The van der Waals surface area contributed by atoms with Crippen molar-refractivity contribution in [2.24, 2.45) is 0 Å². The molecule has 0 radical (unpaired) electrons. The Bertz CT molecular complexity index is 428. The number of nitrogens with one attached hydrogen (secondary N) is 1. The zero-order valence-corrected chi connectivity index (χ0v) is 10.8. The molecule has 2 aliphatic rings. The van der Waals surface area contributed by atoms with E-state index in [1.807, 2.05) is 6.92 Å². The first-order chi connectivity index (χ1) is 8.83. The third-order valence-corrected chi connectivity index (χ3v) is 3.70. The molecule has 98 valence electrons. The van der Waals surface area contributed by atoms with Gasteiger partial charge in [-0.1, -0.05) is 12.2 Å². The maximum Gasteiger partial charge on any atom is 0.180 e. The summed E-state index contributed by atoms with van der Waals surface area (Å²) in [5.41, 5.74) is 0. The second-order valence-electron chi connectivity index (χ2n) is 5.06. The number of hydrogen-bond acceptors (Lipinski definition) is 4. The molecule has 1 N–H and O–H groups in total. The van der Waals surface area contributed by atoms with Crippen LogP contribution in [0.1, 0.15) is 37.0 Å². The molecule has 0 spiro atoms. The minimum atomic E-state index is 0.0130. The van der Waals surface area contributed by atoms with E-state index in [1.54, 1.807) is 0 Å². The number of hydrogen-bond donors (Lipinski definition) is 1. The molecule has 5 nitrogen and oxygen atoms in total. The standard InChI is InChI=1S/C13H20N4O/c1-10-14-13(16-15-10)12-9-17(7-8-18-12)11-5-3-2-4-6-11/h3,5,11-12H,2,4,6-9H2,1H3,(H,14,15,16)/t11-,12+/m1/s1. The van der Waals surface area contributed by atoms with Crippen molar-refractivity contribution < 1.29 is 4.74 Å². The molecular formula is C13H20N4O. The van der Waals surface area contributed by atoms with Gasteiger partial charge < -0.3 is 4.74 Å². The van der Waals surface area contributed by atoms with Crippen molar-refractivity contribution in [3.63, 3.8) is 0 Å². The highest BCUT2D eigenvalue weighted by atomic mass is 16.5. The molecule has 1 saturated heterocycles. The Hall–Kier alpha value is -1.20. The van der Waals surface area contributed by atoms with Crippen molar-refractivity contribution in [2.75, 3.05) is 19.7 Å². The van der Waals surface area contributed by atoms with Crippen LogP contribution in [0.3, 0.4) is 0 Å². The molecule has 1 aromatic heterocycles. The largest absolute Gasteiger partial charge is 0.367 e. The van der Waals surface area contributed by atoms with Gasteiger partial charge in [-0.3, -0.25) is 10.00 Å². The highest BCUT2D eigenvalue weighted by molar-refractivity contribution is 5.02. The van der Waals surface area contributed by atoms with Gasteiger partial charge in [-0.2, -0.15) is 5.10 Å². The molecule has 1 fully saturated rings. The number of morpholine rings is 1. The quantitative estimate of drug-likeness (QED) is 0.808. The minimum absolute atomic E-state index is 0.0130. The molecule has 2 atom stereocenters. The maximum absolute atomic E-state index is 5.79. The lowest BCUT2D eigenvalue weighted by molar-refractivity contribution is -0.0442. The normalized spacial score (nSPS) is 29.6. The van der Waals surface area contributed by atoms with Gasteiger partial charge in [0.15, 0.2) is 5.82 Å². The zero-order valence-electron chi connectivity index (χ0n) is 10.8. The van der Waals surface area contributed by atoms with Crippen molar-refractivity contribution in [1.82, 2.24) is 20.1 Å². The first-order valence-electron chi connectivity index (χ1n) is 6.74. The van der Waals surface area contributed by atoms with Crippen LogP contribution < -0.4 is 0 Å². The predicted octanol–water partition coefficient (Wildman–Crippen LogP) is 1.60. The summed E-state index contributed by atoms with van der Waals surface area (Å²) in [6.07, 6.45) is 8.44. The third-order valence-electron chi connectivity index (χ3n) is 3.70. The molecule has 3 rings (SSSR count). The van der Waals surface area contributed by atoms with Crippen LogP contribution in [0.2, 0.25) is 0 Å². The molecule has 5 heteroatoms. The van der Waals surface area contributed by atoms with Crippen LogP contribution in [0.25, 0.3) is 0 Å². The summed E-state index contributed by atoms with van der Waals surface area (Å²) in [5.74, 6) is 1.64. The van der Waals surface area contributed by atoms with E-state index in [0.717, 1.165) is 31.3 Å². The van der Waals surface area contributed by atoms with Gasteiger partial charge in [-0.15, -0.1) is 0 Å². The van der Waals surface area contributed by atoms with Crippen LogP contribution in [0.15, 0.2) is 12.2 Å². The van der Waals surface area contributed by atoms with Crippen molar-refractivity contribution in [3.8, 4) is 0 Å². The van der Waals surface area contributed by atoms with E-state index >= 15 is 0 Å². The average Bonchev–Trinajstić information content (AvgIpc) is 2.87. The highest BCUT2D eigenvalue weighted by Gasteiger charge is 2.28. The summed E-state index contributed by atoms with van der Waals surface area (Å²) in [6, 6.07) is 0.574. The molecule has 0 aromatic carbocycles. The topological polar surface area (TPSA) is 54.0 Å².